The van der Waals surface area contributed by atoms with E-state index in [1.807, 2.05) is 24.3 Å². The van der Waals surface area contributed by atoms with E-state index in [2.05, 4.69) is 22.9 Å². The molecule has 30 heavy (non-hydrogen) atoms. The Morgan fingerprint density at radius 1 is 1.00 bits per heavy atom. The first-order chi connectivity index (χ1) is 14.5. The quantitative estimate of drug-likeness (QED) is 0.805. The van der Waals surface area contributed by atoms with Gasteiger partial charge in [-0.1, -0.05) is 17.7 Å². The number of halogens is 1. The minimum absolute atomic E-state index is 0.238. The van der Waals surface area contributed by atoms with Crippen LogP contribution in [0.5, 0.6) is 17.2 Å². The number of hydrogen-bond acceptors (Lipinski definition) is 6. The van der Waals surface area contributed by atoms with Gasteiger partial charge in [0.2, 0.25) is 6.79 Å². The van der Waals surface area contributed by atoms with Crippen LogP contribution in [-0.2, 0) is 18.7 Å². The van der Waals surface area contributed by atoms with Crippen molar-refractivity contribution in [1.29, 1.82) is 0 Å². The van der Waals surface area contributed by atoms with Crippen LogP contribution in [0.25, 0.3) is 0 Å². The number of hydrogen-bond donors (Lipinski definition) is 1. The Labute approximate surface area is 181 Å². The summed E-state index contributed by atoms with van der Waals surface area (Å²) in [4.78, 5) is 4.58. The average Bonchev–Trinajstić information content (AvgIpc) is 3.08. The van der Waals surface area contributed by atoms with Gasteiger partial charge in [-0.05, 0) is 49.2 Å². The molecule has 3 aliphatic rings. The molecule has 0 spiro atoms. The number of piperidine rings is 1. The zero-order chi connectivity index (χ0) is 20.7. The first-order valence-corrected chi connectivity index (χ1v) is 10.9. The lowest BCUT2D eigenvalue weighted by Crippen LogP contribution is -2.40. The summed E-state index contributed by atoms with van der Waals surface area (Å²) in [6, 6.07) is 9.96. The molecule has 0 bridgehead atoms. The normalized spacial score (nSPS) is 21.0. The Kier molecular flexibility index (Phi) is 5.27. The topological polar surface area (TPSA) is 54.4 Å². The van der Waals surface area contributed by atoms with Gasteiger partial charge in [0.1, 0.15) is 12.4 Å². The molecule has 2 aromatic carbocycles. The molecule has 3 aliphatic heterocycles. The van der Waals surface area contributed by atoms with Gasteiger partial charge in [0.25, 0.3) is 0 Å². The second-order valence-corrected chi connectivity index (χ2v) is 8.92. The van der Waals surface area contributed by atoms with E-state index in [-0.39, 0.29) is 6.79 Å². The molecule has 7 heteroatoms. The van der Waals surface area contributed by atoms with Crippen LogP contribution in [0.15, 0.2) is 30.3 Å². The monoisotopic (exact) mass is 430 g/mol. The van der Waals surface area contributed by atoms with Crippen molar-refractivity contribution >= 4 is 11.6 Å². The molecule has 1 N–H and O–H groups in total. The van der Waals surface area contributed by atoms with Gasteiger partial charge >= 0.3 is 0 Å². The molecule has 6 nitrogen and oxygen atoms in total. The van der Waals surface area contributed by atoms with Crippen molar-refractivity contribution in [2.45, 2.75) is 31.5 Å². The van der Waals surface area contributed by atoms with E-state index in [0.29, 0.717) is 23.9 Å². The van der Waals surface area contributed by atoms with E-state index >= 15 is 0 Å². The van der Waals surface area contributed by atoms with E-state index in [0.717, 1.165) is 67.2 Å². The number of nitrogens with zero attached hydrogens (tertiary/aromatic N) is 2. The predicted molar refractivity (Wildman–Crippen MR) is 114 cm³/mol. The highest BCUT2D eigenvalue weighted by Gasteiger charge is 2.33. The number of likely N-dealkylation sites (tertiary alicyclic amines) is 1. The highest BCUT2D eigenvalue weighted by Crippen LogP contribution is 2.38. The van der Waals surface area contributed by atoms with Crippen molar-refractivity contribution in [3.63, 3.8) is 0 Å². The van der Waals surface area contributed by atoms with Crippen LogP contribution in [0.3, 0.4) is 0 Å². The Balaban J connectivity index is 1.37. The summed E-state index contributed by atoms with van der Waals surface area (Å²) in [5.74, 6) is 2.34. The van der Waals surface area contributed by atoms with E-state index in [4.69, 9.17) is 25.8 Å². The summed E-state index contributed by atoms with van der Waals surface area (Å²) >= 11 is 6.49. The minimum Gasteiger partial charge on any atom is -0.492 e. The third kappa shape index (κ3) is 3.85. The molecule has 0 unspecified atom stereocenters. The second-order valence-electron chi connectivity index (χ2n) is 8.51. The summed E-state index contributed by atoms with van der Waals surface area (Å²) < 4.78 is 16.9. The average molecular weight is 431 g/mol. The lowest BCUT2D eigenvalue weighted by Gasteiger charge is -2.37. The van der Waals surface area contributed by atoms with Crippen molar-refractivity contribution in [3.05, 3.63) is 52.0 Å². The molecule has 5 rings (SSSR count). The maximum absolute atomic E-state index is 11.2. The molecular weight excluding hydrogens is 404 g/mol. The molecule has 0 atom stereocenters. The van der Waals surface area contributed by atoms with E-state index in [9.17, 15) is 5.11 Å². The Bertz CT molecular complexity index is 943. The van der Waals surface area contributed by atoms with Crippen LogP contribution in [0.2, 0.25) is 5.02 Å². The third-order valence-corrected chi connectivity index (χ3v) is 6.76. The first kappa shape index (κ1) is 19.9. The van der Waals surface area contributed by atoms with Crippen molar-refractivity contribution in [3.8, 4) is 17.2 Å². The number of benzene rings is 2. The molecule has 0 radical (unpaired) electrons. The lowest BCUT2D eigenvalue weighted by atomic mass is 9.84. The molecule has 160 valence electrons. The summed E-state index contributed by atoms with van der Waals surface area (Å²) in [6.45, 7) is 4.88. The minimum atomic E-state index is -0.765. The number of fused-ring (bicyclic) bond motifs is 2. The fraction of sp³-hybridized carbons (Fsp3) is 0.478. The van der Waals surface area contributed by atoms with Crippen molar-refractivity contribution in [1.82, 2.24) is 9.80 Å². The van der Waals surface area contributed by atoms with Gasteiger partial charge in [0.05, 0.1) is 5.60 Å². The Hall–Kier alpha value is -1.99. The SMILES string of the molecule is CN1CCC(O)(c2ccc3c(c2)CN(Cc2cc4c(cc2Cl)OCO4)CCO3)CC1. The van der Waals surface area contributed by atoms with Gasteiger partial charge in [0, 0.05) is 49.4 Å². The third-order valence-electron chi connectivity index (χ3n) is 6.41. The summed E-state index contributed by atoms with van der Waals surface area (Å²) in [5, 5.41) is 11.9. The maximum Gasteiger partial charge on any atom is 0.231 e. The van der Waals surface area contributed by atoms with Crippen LogP contribution in [0.4, 0.5) is 0 Å². The van der Waals surface area contributed by atoms with Gasteiger partial charge in [0.15, 0.2) is 11.5 Å². The van der Waals surface area contributed by atoms with Crippen molar-refractivity contribution in [2.24, 2.45) is 0 Å². The fourth-order valence-electron chi connectivity index (χ4n) is 4.47. The zero-order valence-corrected chi connectivity index (χ0v) is 18.0. The van der Waals surface area contributed by atoms with E-state index in [1.165, 1.54) is 0 Å². The largest absolute Gasteiger partial charge is 0.492 e. The van der Waals surface area contributed by atoms with Crippen LogP contribution in [-0.4, -0.2) is 55.0 Å². The number of aliphatic hydroxyl groups is 1. The Morgan fingerprint density at radius 3 is 2.57 bits per heavy atom. The molecular formula is C23H27ClN2O4. The van der Waals surface area contributed by atoms with Crippen molar-refractivity contribution < 1.29 is 19.3 Å². The van der Waals surface area contributed by atoms with Crippen LogP contribution >= 0.6 is 11.6 Å². The molecule has 1 fully saturated rings. The molecule has 0 aromatic heterocycles. The Morgan fingerprint density at radius 2 is 1.77 bits per heavy atom. The molecule has 3 heterocycles. The molecule has 2 aromatic rings. The van der Waals surface area contributed by atoms with E-state index < -0.39 is 5.60 Å². The van der Waals surface area contributed by atoms with Gasteiger partial charge in [-0.2, -0.15) is 0 Å². The summed E-state index contributed by atoms with van der Waals surface area (Å²) in [5.41, 5.74) is 2.34. The molecule has 0 amide bonds. The van der Waals surface area contributed by atoms with Gasteiger partial charge in [-0.15, -0.1) is 0 Å². The molecule has 1 saturated heterocycles. The lowest BCUT2D eigenvalue weighted by molar-refractivity contribution is -0.0204. The highest BCUT2D eigenvalue weighted by atomic mass is 35.5. The summed E-state index contributed by atoms with van der Waals surface area (Å²) in [7, 11) is 2.10. The van der Waals surface area contributed by atoms with E-state index in [1.54, 1.807) is 0 Å². The molecule has 0 saturated carbocycles. The van der Waals surface area contributed by atoms with Gasteiger partial charge < -0.3 is 24.2 Å². The first-order valence-electron chi connectivity index (χ1n) is 10.5. The predicted octanol–water partition coefficient (Wildman–Crippen LogP) is 3.38. The second kappa shape index (κ2) is 7.93. The van der Waals surface area contributed by atoms with Crippen molar-refractivity contribution in [2.75, 3.05) is 40.1 Å². The zero-order valence-electron chi connectivity index (χ0n) is 17.2. The number of rotatable bonds is 3. The van der Waals surface area contributed by atoms with Crippen LogP contribution < -0.4 is 14.2 Å². The summed E-state index contributed by atoms with van der Waals surface area (Å²) in [6.07, 6.45) is 1.50. The standard InChI is InChI=1S/C23H27ClN2O4/c1-25-6-4-23(27,5-7-25)18-2-3-20-17(10-18)14-26(8-9-28-20)13-16-11-21-22(12-19(16)24)30-15-29-21/h2-3,10-12,27H,4-9,13-15H2,1H3. The highest BCUT2D eigenvalue weighted by molar-refractivity contribution is 6.31. The fourth-order valence-corrected chi connectivity index (χ4v) is 4.68. The van der Waals surface area contributed by atoms with Crippen LogP contribution in [0.1, 0.15) is 29.5 Å². The van der Waals surface area contributed by atoms with Crippen LogP contribution in [0, 0.1) is 0 Å². The molecule has 0 aliphatic carbocycles. The number of ether oxygens (including phenoxy) is 3. The van der Waals surface area contributed by atoms with Gasteiger partial charge in [-0.3, -0.25) is 4.90 Å². The van der Waals surface area contributed by atoms with Gasteiger partial charge in [-0.25, -0.2) is 0 Å². The smallest absolute Gasteiger partial charge is 0.231 e. The maximum atomic E-state index is 11.2.